The molecule has 0 unspecified atom stereocenters. The van der Waals surface area contributed by atoms with Gasteiger partial charge in [-0.25, -0.2) is 0 Å². The van der Waals surface area contributed by atoms with E-state index in [0.717, 1.165) is 6.42 Å². The van der Waals surface area contributed by atoms with Crippen molar-refractivity contribution in [1.29, 1.82) is 0 Å². The lowest BCUT2D eigenvalue weighted by Gasteiger charge is -1.95. The number of hydrogen-bond acceptors (Lipinski definition) is 2. The monoisotopic (exact) mass is 229 g/mol. The third-order valence-electron chi connectivity index (χ3n) is 2.27. The topological polar surface area (TPSA) is 33.1 Å². The highest BCUT2D eigenvalue weighted by Crippen LogP contribution is 2.02. The quantitative estimate of drug-likeness (QED) is 0.868. The maximum atomic E-state index is 8.63. The Morgan fingerprint density at radius 3 is 2.18 bits per heavy atom. The summed E-state index contributed by atoms with van der Waals surface area (Å²) in [5.41, 5.74) is 1.21. The summed E-state index contributed by atoms with van der Waals surface area (Å²) < 4.78 is 0. The normalized spacial score (nSPS) is 9.24. The van der Waals surface area contributed by atoms with Gasteiger partial charge in [-0.1, -0.05) is 37.6 Å². The molecule has 2 aromatic rings. The lowest BCUT2D eigenvalue weighted by Crippen LogP contribution is -1.86. The fraction of sp³-hybridized carbons (Fsp3) is 0.267. The zero-order valence-corrected chi connectivity index (χ0v) is 10.2. The Morgan fingerprint density at radius 1 is 1.00 bits per heavy atom. The van der Waals surface area contributed by atoms with Crippen LogP contribution in [0.25, 0.3) is 0 Å². The van der Waals surface area contributed by atoms with E-state index in [2.05, 4.69) is 18.0 Å². The molecule has 2 heteroatoms. The van der Waals surface area contributed by atoms with Gasteiger partial charge in [-0.15, -0.1) is 0 Å². The fourth-order valence-electron chi connectivity index (χ4n) is 1.33. The molecule has 0 saturated carbocycles. The molecule has 0 saturated heterocycles. The Balaban J connectivity index is 0.000000181. The van der Waals surface area contributed by atoms with Crippen molar-refractivity contribution in [2.45, 2.75) is 26.2 Å². The van der Waals surface area contributed by atoms with Gasteiger partial charge in [0.15, 0.2) is 0 Å². The van der Waals surface area contributed by atoms with Gasteiger partial charge in [-0.05, 0) is 37.1 Å². The molecular weight excluding hydrogens is 210 g/mol. The third kappa shape index (κ3) is 6.36. The van der Waals surface area contributed by atoms with E-state index in [0.29, 0.717) is 5.75 Å². The van der Waals surface area contributed by atoms with E-state index in [1.807, 2.05) is 24.4 Å². The molecule has 90 valence electrons. The number of para-hydroxylation sites is 1. The van der Waals surface area contributed by atoms with E-state index in [4.69, 9.17) is 5.11 Å². The van der Waals surface area contributed by atoms with Crippen LogP contribution in [0.5, 0.6) is 5.75 Å². The van der Waals surface area contributed by atoms with E-state index in [1.165, 1.54) is 18.5 Å². The average Bonchev–Trinajstić information content (AvgIpc) is 2.39. The Kier molecular flexibility index (Phi) is 6.49. The zero-order chi connectivity index (χ0) is 12.3. The van der Waals surface area contributed by atoms with Crippen LogP contribution in [-0.2, 0) is 6.42 Å². The van der Waals surface area contributed by atoms with E-state index in [9.17, 15) is 0 Å². The lowest BCUT2D eigenvalue weighted by molar-refractivity contribution is 0.475. The van der Waals surface area contributed by atoms with Gasteiger partial charge in [0.05, 0.1) is 0 Å². The third-order valence-corrected chi connectivity index (χ3v) is 2.27. The summed E-state index contributed by atoms with van der Waals surface area (Å²) >= 11 is 0. The minimum atomic E-state index is 0.322. The predicted molar refractivity (Wildman–Crippen MR) is 71.0 cm³/mol. The molecule has 1 aromatic heterocycles. The molecule has 0 spiro atoms. The van der Waals surface area contributed by atoms with Gasteiger partial charge in [0, 0.05) is 11.9 Å². The van der Waals surface area contributed by atoms with Crippen molar-refractivity contribution in [2.75, 3.05) is 0 Å². The molecule has 1 heterocycles. The summed E-state index contributed by atoms with van der Waals surface area (Å²) in [4.78, 5) is 4.22. The van der Waals surface area contributed by atoms with E-state index >= 15 is 0 Å². The minimum absolute atomic E-state index is 0.322. The van der Waals surface area contributed by atoms with Crippen molar-refractivity contribution in [2.24, 2.45) is 0 Å². The van der Waals surface area contributed by atoms with Crippen LogP contribution in [0.4, 0.5) is 0 Å². The number of aromatic nitrogens is 1. The summed E-state index contributed by atoms with van der Waals surface area (Å²) in [6, 6.07) is 14.8. The van der Waals surface area contributed by atoms with Gasteiger partial charge in [-0.3, -0.25) is 4.98 Å². The SMILES string of the molecule is CCCCc1ccccn1.Oc1ccccc1. The van der Waals surface area contributed by atoms with Crippen molar-refractivity contribution in [3.8, 4) is 5.75 Å². The predicted octanol–water partition coefficient (Wildman–Crippen LogP) is 3.82. The average molecular weight is 229 g/mol. The smallest absolute Gasteiger partial charge is 0.115 e. The number of unbranched alkanes of at least 4 members (excludes halogenated alkanes) is 1. The number of hydrogen-bond donors (Lipinski definition) is 1. The van der Waals surface area contributed by atoms with Crippen LogP contribution >= 0.6 is 0 Å². The van der Waals surface area contributed by atoms with Crippen LogP contribution in [0.1, 0.15) is 25.5 Å². The van der Waals surface area contributed by atoms with Crippen LogP contribution in [0.2, 0.25) is 0 Å². The largest absolute Gasteiger partial charge is 0.508 e. The molecule has 0 aliphatic rings. The summed E-state index contributed by atoms with van der Waals surface area (Å²) in [7, 11) is 0. The van der Waals surface area contributed by atoms with Gasteiger partial charge in [-0.2, -0.15) is 0 Å². The molecule has 0 bridgehead atoms. The Morgan fingerprint density at radius 2 is 1.71 bits per heavy atom. The highest BCUT2D eigenvalue weighted by molar-refractivity contribution is 5.18. The van der Waals surface area contributed by atoms with Crippen molar-refractivity contribution in [3.63, 3.8) is 0 Å². The Bertz CT molecular complexity index is 386. The van der Waals surface area contributed by atoms with E-state index in [-0.39, 0.29) is 0 Å². The zero-order valence-electron chi connectivity index (χ0n) is 10.2. The fourth-order valence-corrected chi connectivity index (χ4v) is 1.33. The number of aromatic hydroxyl groups is 1. The van der Waals surface area contributed by atoms with Crippen molar-refractivity contribution in [1.82, 2.24) is 4.98 Å². The maximum Gasteiger partial charge on any atom is 0.115 e. The van der Waals surface area contributed by atoms with Gasteiger partial charge in [0.1, 0.15) is 5.75 Å². The van der Waals surface area contributed by atoms with Gasteiger partial charge >= 0.3 is 0 Å². The minimum Gasteiger partial charge on any atom is -0.508 e. The summed E-state index contributed by atoms with van der Waals surface area (Å²) in [5.74, 6) is 0.322. The maximum absolute atomic E-state index is 8.63. The first-order valence-electron chi connectivity index (χ1n) is 5.97. The molecular formula is C15H19NO. The first-order valence-corrected chi connectivity index (χ1v) is 5.97. The number of pyridine rings is 1. The summed E-state index contributed by atoms with van der Waals surface area (Å²) in [6.45, 7) is 2.20. The van der Waals surface area contributed by atoms with Crippen LogP contribution < -0.4 is 0 Å². The summed E-state index contributed by atoms with van der Waals surface area (Å²) in [5, 5.41) is 8.63. The van der Waals surface area contributed by atoms with Crippen molar-refractivity contribution < 1.29 is 5.11 Å². The molecule has 0 amide bonds. The number of benzene rings is 1. The van der Waals surface area contributed by atoms with Crippen LogP contribution in [-0.4, -0.2) is 10.1 Å². The molecule has 0 aliphatic heterocycles. The number of phenolic OH excluding ortho intramolecular Hbond substituents is 1. The summed E-state index contributed by atoms with van der Waals surface area (Å²) in [6.07, 6.45) is 5.47. The molecule has 1 N–H and O–H groups in total. The highest BCUT2D eigenvalue weighted by Gasteiger charge is 1.89. The van der Waals surface area contributed by atoms with E-state index < -0.39 is 0 Å². The first-order chi connectivity index (χ1) is 8.33. The first kappa shape index (κ1) is 13.2. The Hall–Kier alpha value is -1.83. The molecule has 0 atom stereocenters. The second-order valence-electron chi connectivity index (χ2n) is 3.76. The lowest BCUT2D eigenvalue weighted by atomic mass is 10.2. The molecule has 0 fully saturated rings. The number of nitrogens with zero attached hydrogens (tertiary/aromatic N) is 1. The Labute approximate surface area is 103 Å². The molecule has 17 heavy (non-hydrogen) atoms. The number of rotatable bonds is 3. The van der Waals surface area contributed by atoms with Crippen LogP contribution in [0, 0.1) is 0 Å². The van der Waals surface area contributed by atoms with E-state index in [1.54, 1.807) is 24.3 Å². The standard InChI is InChI=1S/C9H13N.C6H6O/c1-2-3-6-9-7-4-5-8-10-9;7-6-4-2-1-3-5-6/h4-5,7-8H,2-3,6H2,1H3;1-5,7H. The van der Waals surface area contributed by atoms with Gasteiger partial charge in [0.25, 0.3) is 0 Å². The van der Waals surface area contributed by atoms with Gasteiger partial charge in [0.2, 0.25) is 0 Å². The van der Waals surface area contributed by atoms with Crippen LogP contribution in [0.15, 0.2) is 54.7 Å². The van der Waals surface area contributed by atoms with Gasteiger partial charge < -0.3 is 5.11 Å². The molecule has 0 radical (unpaired) electrons. The second kappa shape index (κ2) is 8.34. The highest BCUT2D eigenvalue weighted by atomic mass is 16.3. The van der Waals surface area contributed by atoms with Crippen LogP contribution in [0.3, 0.4) is 0 Å². The van der Waals surface area contributed by atoms with Crippen molar-refractivity contribution >= 4 is 0 Å². The second-order valence-corrected chi connectivity index (χ2v) is 3.76. The molecule has 1 aromatic carbocycles. The molecule has 2 rings (SSSR count). The molecule has 0 aliphatic carbocycles. The van der Waals surface area contributed by atoms with Crippen molar-refractivity contribution in [3.05, 3.63) is 60.4 Å². The molecule has 2 nitrogen and oxygen atoms in total. The number of phenols is 1. The number of aryl methyl sites for hydroxylation is 1.